The average Bonchev–Trinajstić information content (AvgIpc) is 3.14. The summed E-state index contributed by atoms with van der Waals surface area (Å²) in [4.78, 5) is 40.9. The Morgan fingerprint density at radius 2 is 1.86 bits per heavy atom. The van der Waals surface area contributed by atoms with Crippen LogP contribution in [-0.2, 0) is 22.3 Å². The van der Waals surface area contributed by atoms with E-state index in [1.807, 2.05) is 0 Å². The molecule has 1 saturated heterocycles. The summed E-state index contributed by atoms with van der Waals surface area (Å²) in [5.74, 6) is -2.74. The molecule has 2 heterocycles. The van der Waals surface area contributed by atoms with Crippen molar-refractivity contribution in [2.45, 2.75) is 50.4 Å². The van der Waals surface area contributed by atoms with Crippen molar-refractivity contribution in [2.24, 2.45) is 0 Å². The summed E-state index contributed by atoms with van der Waals surface area (Å²) in [6.45, 7) is -0.751. The van der Waals surface area contributed by atoms with Crippen LogP contribution in [0.25, 0.3) is 11.0 Å². The summed E-state index contributed by atoms with van der Waals surface area (Å²) in [7, 11) is 0. The molecule has 11 heteroatoms. The number of amides is 4. The first kappa shape index (κ1) is 19.2. The lowest BCUT2D eigenvalue weighted by atomic mass is 9.82. The van der Waals surface area contributed by atoms with Gasteiger partial charge in [0.2, 0.25) is 5.82 Å². The van der Waals surface area contributed by atoms with Gasteiger partial charge in [-0.2, -0.15) is 18.2 Å². The van der Waals surface area contributed by atoms with Gasteiger partial charge in [0.25, 0.3) is 11.8 Å². The van der Waals surface area contributed by atoms with Crippen molar-refractivity contribution in [3.63, 3.8) is 0 Å². The topological polar surface area (TPSA) is 96.3 Å². The van der Waals surface area contributed by atoms with Crippen LogP contribution >= 0.6 is 0 Å². The van der Waals surface area contributed by atoms with Crippen LogP contribution in [0.2, 0.25) is 0 Å². The maximum atomic E-state index is 13.4. The van der Waals surface area contributed by atoms with Crippen LogP contribution in [0.3, 0.4) is 0 Å². The summed E-state index contributed by atoms with van der Waals surface area (Å²) < 4.78 is 40.8. The number of alkyl halides is 3. The zero-order valence-corrected chi connectivity index (χ0v) is 15.3. The number of aromatic nitrogens is 2. The van der Waals surface area contributed by atoms with E-state index in [2.05, 4.69) is 15.7 Å². The Kier molecular flexibility index (Phi) is 4.47. The Labute approximate surface area is 163 Å². The first-order valence-electron chi connectivity index (χ1n) is 9.20. The molecule has 0 bridgehead atoms. The van der Waals surface area contributed by atoms with Gasteiger partial charge in [0, 0.05) is 0 Å². The minimum Gasteiger partial charge on any atom is -0.322 e. The van der Waals surface area contributed by atoms with E-state index in [1.165, 1.54) is 24.3 Å². The van der Waals surface area contributed by atoms with Gasteiger partial charge in [-0.05, 0) is 25.0 Å². The van der Waals surface area contributed by atoms with Crippen molar-refractivity contribution in [3.05, 3.63) is 30.1 Å². The van der Waals surface area contributed by atoms with E-state index < -0.39 is 41.9 Å². The zero-order chi connectivity index (χ0) is 20.8. The average molecular weight is 409 g/mol. The number of nitrogens with one attached hydrogen (secondary N) is 2. The van der Waals surface area contributed by atoms with Crippen molar-refractivity contribution in [3.8, 4) is 0 Å². The highest BCUT2D eigenvalue weighted by Crippen LogP contribution is 2.33. The van der Waals surface area contributed by atoms with Gasteiger partial charge >= 0.3 is 12.2 Å². The summed E-state index contributed by atoms with van der Waals surface area (Å²) in [5, 5.41) is 3.19. The fraction of sp³-hybridized carbons (Fsp3) is 0.444. The van der Waals surface area contributed by atoms with E-state index in [0.29, 0.717) is 17.9 Å². The SMILES string of the molecule is O=C(Cn1c(C(F)(F)F)nc2ccccc21)NN1C(=O)NC2(CCCCC2)C1=O. The van der Waals surface area contributed by atoms with Crippen molar-refractivity contribution < 1.29 is 27.6 Å². The standard InChI is InChI=1S/C18H18F3N5O3/c19-18(20,21)14-22-11-6-2-3-7-12(11)25(14)10-13(27)24-26-15(28)17(23-16(26)29)8-4-1-5-9-17/h2-3,6-7H,1,4-5,8-10H2,(H,23,29)(H,24,27). The highest BCUT2D eigenvalue weighted by Gasteiger charge is 2.52. The minimum atomic E-state index is -4.77. The highest BCUT2D eigenvalue weighted by molar-refractivity contribution is 6.08. The van der Waals surface area contributed by atoms with Crippen molar-refractivity contribution in [1.82, 2.24) is 25.3 Å². The third-order valence-electron chi connectivity index (χ3n) is 5.32. The number of para-hydroxylation sites is 2. The predicted octanol–water partition coefficient (Wildman–Crippen LogP) is 2.34. The van der Waals surface area contributed by atoms with Gasteiger partial charge in [-0.3, -0.25) is 15.0 Å². The van der Waals surface area contributed by atoms with E-state index in [1.54, 1.807) is 0 Å². The van der Waals surface area contributed by atoms with Crippen molar-refractivity contribution >= 4 is 28.9 Å². The summed E-state index contributed by atoms with van der Waals surface area (Å²) in [6.07, 6.45) is -1.35. The normalized spacial score (nSPS) is 19.1. The van der Waals surface area contributed by atoms with E-state index in [4.69, 9.17) is 0 Å². The Balaban J connectivity index is 1.56. The second-order valence-corrected chi connectivity index (χ2v) is 7.26. The Morgan fingerprint density at radius 3 is 2.55 bits per heavy atom. The molecular weight excluding hydrogens is 391 g/mol. The number of imide groups is 1. The molecule has 2 fully saturated rings. The third kappa shape index (κ3) is 3.30. The number of hydrazine groups is 1. The maximum absolute atomic E-state index is 13.4. The van der Waals surface area contributed by atoms with Crippen molar-refractivity contribution in [2.75, 3.05) is 0 Å². The molecule has 2 aliphatic rings. The largest absolute Gasteiger partial charge is 0.449 e. The van der Waals surface area contributed by atoms with E-state index in [-0.39, 0.29) is 11.0 Å². The number of imidazole rings is 1. The quantitative estimate of drug-likeness (QED) is 0.761. The molecule has 4 amide bonds. The molecule has 1 aliphatic heterocycles. The van der Waals surface area contributed by atoms with Crippen LogP contribution in [0.1, 0.15) is 37.9 Å². The smallest absolute Gasteiger partial charge is 0.322 e. The molecule has 0 radical (unpaired) electrons. The number of urea groups is 1. The van der Waals surface area contributed by atoms with Crippen LogP contribution in [0.15, 0.2) is 24.3 Å². The van der Waals surface area contributed by atoms with Gasteiger partial charge in [0.15, 0.2) is 0 Å². The number of hydrogen-bond donors (Lipinski definition) is 2. The fourth-order valence-electron chi connectivity index (χ4n) is 3.97. The molecule has 1 aromatic heterocycles. The lowest BCUT2D eigenvalue weighted by molar-refractivity contribution is -0.148. The zero-order valence-electron chi connectivity index (χ0n) is 15.3. The molecule has 0 unspecified atom stereocenters. The number of carbonyl (C=O) groups is 3. The van der Waals surface area contributed by atoms with E-state index in [9.17, 15) is 27.6 Å². The summed E-state index contributed by atoms with van der Waals surface area (Å²) in [6, 6.07) is 5.11. The second-order valence-electron chi connectivity index (χ2n) is 7.26. The number of hydrogen-bond acceptors (Lipinski definition) is 4. The monoisotopic (exact) mass is 409 g/mol. The first-order chi connectivity index (χ1) is 13.7. The Bertz CT molecular complexity index is 994. The maximum Gasteiger partial charge on any atom is 0.449 e. The van der Waals surface area contributed by atoms with Crippen molar-refractivity contribution in [1.29, 1.82) is 0 Å². The number of rotatable bonds is 3. The molecule has 4 rings (SSSR count). The molecule has 1 spiro atoms. The number of fused-ring (bicyclic) bond motifs is 1. The number of carbonyl (C=O) groups excluding carboxylic acids is 3. The summed E-state index contributed by atoms with van der Waals surface area (Å²) >= 11 is 0. The van der Waals surface area contributed by atoms with E-state index in [0.717, 1.165) is 23.8 Å². The van der Waals surface area contributed by atoms with Crippen LogP contribution in [-0.4, -0.2) is 37.9 Å². The number of nitrogens with zero attached hydrogens (tertiary/aromatic N) is 3. The van der Waals surface area contributed by atoms with Gasteiger partial charge in [-0.15, -0.1) is 0 Å². The molecule has 2 aromatic rings. The van der Waals surface area contributed by atoms with Gasteiger partial charge < -0.3 is 9.88 Å². The highest BCUT2D eigenvalue weighted by atomic mass is 19.4. The minimum absolute atomic E-state index is 0.0868. The summed E-state index contributed by atoms with van der Waals surface area (Å²) in [5.41, 5.74) is 1.32. The molecule has 8 nitrogen and oxygen atoms in total. The van der Waals surface area contributed by atoms with Gasteiger partial charge in [-0.25, -0.2) is 9.78 Å². The van der Waals surface area contributed by atoms with Gasteiger partial charge in [-0.1, -0.05) is 31.4 Å². The molecule has 1 saturated carbocycles. The van der Waals surface area contributed by atoms with Crippen LogP contribution in [0.4, 0.5) is 18.0 Å². The molecule has 29 heavy (non-hydrogen) atoms. The van der Waals surface area contributed by atoms with Gasteiger partial charge in [0.05, 0.1) is 11.0 Å². The number of halogens is 3. The number of benzene rings is 1. The first-order valence-corrected chi connectivity index (χ1v) is 9.20. The lowest BCUT2D eigenvalue weighted by Gasteiger charge is -2.30. The predicted molar refractivity (Wildman–Crippen MR) is 94.1 cm³/mol. The van der Waals surface area contributed by atoms with Gasteiger partial charge in [0.1, 0.15) is 12.1 Å². The van der Waals surface area contributed by atoms with Crippen LogP contribution in [0.5, 0.6) is 0 Å². The van der Waals surface area contributed by atoms with Crippen LogP contribution < -0.4 is 10.7 Å². The van der Waals surface area contributed by atoms with Crippen LogP contribution in [0, 0.1) is 0 Å². The second kappa shape index (κ2) is 6.75. The molecule has 0 atom stereocenters. The fourth-order valence-corrected chi connectivity index (χ4v) is 3.97. The molecule has 1 aromatic carbocycles. The van der Waals surface area contributed by atoms with E-state index >= 15 is 0 Å². The Hall–Kier alpha value is -3.11. The third-order valence-corrected chi connectivity index (χ3v) is 5.32. The molecule has 154 valence electrons. The molecular formula is C18H18F3N5O3. The molecule has 1 aliphatic carbocycles. The molecule has 2 N–H and O–H groups in total. The lowest BCUT2D eigenvalue weighted by Crippen LogP contribution is -2.51. The Morgan fingerprint density at radius 1 is 1.17 bits per heavy atom.